The van der Waals surface area contributed by atoms with Gasteiger partial charge in [-0.05, 0) is 38.6 Å². The molecule has 0 aromatic heterocycles. The van der Waals surface area contributed by atoms with Gasteiger partial charge in [0.05, 0.1) is 0 Å². The predicted molar refractivity (Wildman–Crippen MR) is 71.7 cm³/mol. The molecule has 1 aliphatic carbocycles. The molecule has 2 unspecified atom stereocenters. The van der Waals surface area contributed by atoms with Gasteiger partial charge in [0.15, 0.2) is 0 Å². The number of nitrogens with zero attached hydrogens (tertiary/aromatic N) is 1. The van der Waals surface area contributed by atoms with Crippen LogP contribution >= 0.6 is 0 Å². The number of nitrogens with one attached hydrogen (secondary N) is 1. The second-order valence-corrected chi connectivity index (χ2v) is 5.72. The monoisotopic (exact) mass is 254 g/mol. The van der Waals surface area contributed by atoms with E-state index >= 15 is 0 Å². The summed E-state index contributed by atoms with van der Waals surface area (Å²) in [5.74, 6) is -0.639. The van der Waals surface area contributed by atoms with Crippen LogP contribution in [0.25, 0.3) is 0 Å². The summed E-state index contributed by atoms with van der Waals surface area (Å²) >= 11 is 0. The lowest BCUT2D eigenvalue weighted by Gasteiger charge is -2.34. The minimum absolute atomic E-state index is 0.272. The van der Waals surface area contributed by atoms with Crippen LogP contribution in [-0.2, 0) is 4.79 Å². The topological polar surface area (TPSA) is 52.6 Å². The highest BCUT2D eigenvalue weighted by Gasteiger charge is 2.37. The molecule has 104 valence electrons. The zero-order valence-corrected chi connectivity index (χ0v) is 11.4. The van der Waals surface area contributed by atoms with Crippen molar-refractivity contribution in [2.45, 2.75) is 70.0 Å². The highest BCUT2D eigenvalue weighted by molar-refractivity contribution is 5.73. The first kappa shape index (κ1) is 13.8. The van der Waals surface area contributed by atoms with Gasteiger partial charge in [0.1, 0.15) is 6.04 Å². The third-order valence-corrected chi connectivity index (χ3v) is 4.11. The molecule has 2 rings (SSSR count). The normalized spacial score (nSPS) is 26.2. The van der Waals surface area contributed by atoms with Crippen LogP contribution in [0.5, 0.6) is 0 Å². The fourth-order valence-electron chi connectivity index (χ4n) is 2.98. The van der Waals surface area contributed by atoms with Gasteiger partial charge in [-0.1, -0.05) is 19.8 Å². The van der Waals surface area contributed by atoms with Crippen LogP contribution in [0.3, 0.4) is 0 Å². The van der Waals surface area contributed by atoms with Crippen molar-refractivity contribution in [2.24, 2.45) is 0 Å². The Morgan fingerprint density at radius 3 is 2.67 bits per heavy atom. The Morgan fingerprint density at radius 2 is 2.17 bits per heavy atom. The summed E-state index contributed by atoms with van der Waals surface area (Å²) in [6.45, 7) is 4.08. The molecule has 1 saturated carbocycles. The SMILES string of the molecule is CCCC(C(=O)O)N(CC1CCCCN1)C1CC1. The molecule has 0 aromatic carbocycles. The summed E-state index contributed by atoms with van der Waals surface area (Å²) in [6, 6.07) is 0.755. The van der Waals surface area contributed by atoms with Crippen molar-refractivity contribution in [3.05, 3.63) is 0 Å². The van der Waals surface area contributed by atoms with Crippen molar-refractivity contribution in [3.63, 3.8) is 0 Å². The van der Waals surface area contributed by atoms with Crippen LogP contribution < -0.4 is 5.32 Å². The first-order chi connectivity index (χ1) is 8.72. The second kappa shape index (κ2) is 6.53. The summed E-state index contributed by atoms with van der Waals surface area (Å²) in [7, 11) is 0. The predicted octanol–water partition coefficient (Wildman–Crippen LogP) is 1.85. The highest BCUT2D eigenvalue weighted by atomic mass is 16.4. The summed E-state index contributed by atoms with van der Waals surface area (Å²) in [5, 5.41) is 13.0. The zero-order chi connectivity index (χ0) is 13.0. The lowest BCUT2D eigenvalue weighted by Crippen LogP contribution is -2.50. The fraction of sp³-hybridized carbons (Fsp3) is 0.929. The van der Waals surface area contributed by atoms with Crippen LogP contribution in [0, 0.1) is 0 Å². The average molecular weight is 254 g/mol. The zero-order valence-electron chi connectivity index (χ0n) is 11.4. The molecule has 0 spiro atoms. The molecular weight excluding hydrogens is 228 g/mol. The van der Waals surface area contributed by atoms with E-state index in [9.17, 15) is 9.90 Å². The van der Waals surface area contributed by atoms with Gasteiger partial charge in [-0.3, -0.25) is 9.69 Å². The van der Waals surface area contributed by atoms with Crippen molar-refractivity contribution in [1.29, 1.82) is 0 Å². The van der Waals surface area contributed by atoms with Gasteiger partial charge in [-0.25, -0.2) is 0 Å². The van der Waals surface area contributed by atoms with Gasteiger partial charge in [0.25, 0.3) is 0 Å². The Hall–Kier alpha value is -0.610. The van der Waals surface area contributed by atoms with Gasteiger partial charge in [-0.2, -0.15) is 0 Å². The molecule has 4 nitrogen and oxygen atoms in total. The molecule has 4 heteroatoms. The van der Waals surface area contributed by atoms with Crippen LogP contribution in [0.4, 0.5) is 0 Å². The summed E-state index contributed by atoms with van der Waals surface area (Å²) in [5.41, 5.74) is 0. The highest BCUT2D eigenvalue weighted by Crippen LogP contribution is 2.30. The Morgan fingerprint density at radius 1 is 1.39 bits per heavy atom. The summed E-state index contributed by atoms with van der Waals surface area (Å²) in [4.78, 5) is 13.7. The molecule has 0 aromatic rings. The number of carboxylic acids is 1. The Balaban J connectivity index is 1.94. The first-order valence-electron chi connectivity index (χ1n) is 7.44. The third kappa shape index (κ3) is 3.69. The lowest BCUT2D eigenvalue weighted by atomic mass is 10.0. The number of carboxylic acid groups (broad SMARTS) is 1. The number of rotatable bonds is 7. The molecule has 2 fully saturated rings. The third-order valence-electron chi connectivity index (χ3n) is 4.11. The van der Waals surface area contributed by atoms with Crippen LogP contribution in [0.1, 0.15) is 51.9 Å². The minimum Gasteiger partial charge on any atom is -0.480 e. The van der Waals surface area contributed by atoms with E-state index < -0.39 is 5.97 Å². The van der Waals surface area contributed by atoms with E-state index in [-0.39, 0.29) is 6.04 Å². The molecule has 2 atom stereocenters. The van der Waals surface area contributed by atoms with Gasteiger partial charge in [-0.15, -0.1) is 0 Å². The fourth-order valence-corrected chi connectivity index (χ4v) is 2.98. The lowest BCUT2D eigenvalue weighted by molar-refractivity contribution is -0.144. The van der Waals surface area contributed by atoms with E-state index in [1.54, 1.807) is 0 Å². The number of piperidine rings is 1. The van der Waals surface area contributed by atoms with E-state index in [1.165, 1.54) is 32.1 Å². The number of hydrogen-bond donors (Lipinski definition) is 2. The van der Waals surface area contributed by atoms with Crippen LogP contribution in [0.15, 0.2) is 0 Å². The largest absolute Gasteiger partial charge is 0.480 e. The Kier molecular flexibility index (Phi) is 5.01. The van der Waals surface area contributed by atoms with Gasteiger partial charge in [0, 0.05) is 18.6 Å². The molecule has 1 heterocycles. The quantitative estimate of drug-likeness (QED) is 0.728. The van der Waals surface area contributed by atoms with Crippen molar-refractivity contribution >= 4 is 5.97 Å². The molecule has 0 amide bonds. The number of aliphatic carboxylic acids is 1. The van der Waals surface area contributed by atoms with E-state index in [2.05, 4.69) is 17.1 Å². The molecule has 1 aliphatic heterocycles. The van der Waals surface area contributed by atoms with E-state index in [0.717, 1.165) is 25.9 Å². The van der Waals surface area contributed by atoms with E-state index in [4.69, 9.17) is 0 Å². The maximum absolute atomic E-state index is 11.4. The smallest absolute Gasteiger partial charge is 0.320 e. The number of carbonyl (C=O) groups is 1. The van der Waals surface area contributed by atoms with Gasteiger partial charge < -0.3 is 10.4 Å². The average Bonchev–Trinajstić information content (AvgIpc) is 3.19. The van der Waals surface area contributed by atoms with Crippen molar-refractivity contribution in [1.82, 2.24) is 10.2 Å². The maximum Gasteiger partial charge on any atom is 0.320 e. The van der Waals surface area contributed by atoms with Crippen molar-refractivity contribution < 1.29 is 9.90 Å². The van der Waals surface area contributed by atoms with Crippen molar-refractivity contribution in [2.75, 3.05) is 13.1 Å². The maximum atomic E-state index is 11.4. The molecule has 0 radical (unpaired) electrons. The van der Waals surface area contributed by atoms with E-state index in [1.807, 2.05) is 0 Å². The molecule has 2 aliphatic rings. The summed E-state index contributed by atoms with van der Waals surface area (Å²) < 4.78 is 0. The van der Waals surface area contributed by atoms with Crippen molar-refractivity contribution in [3.8, 4) is 0 Å². The standard InChI is InChI=1S/C14H26N2O2/c1-2-5-13(14(17)18)16(12-7-8-12)10-11-6-3-4-9-15-11/h11-13,15H,2-10H2,1H3,(H,17,18). The van der Waals surface area contributed by atoms with Crippen LogP contribution in [-0.4, -0.2) is 47.2 Å². The minimum atomic E-state index is -0.639. The Labute approximate surface area is 110 Å². The number of hydrogen-bond acceptors (Lipinski definition) is 3. The Bertz CT molecular complexity index is 273. The molecular formula is C14H26N2O2. The van der Waals surface area contributed by atoms with Gasteiger partial charge in [0.2, 0.25) is 0 Å². The second-order valence-electron chi connectivity index (χ2n) is 5.72. The van der Waals surface area contributed by atoms with Crippen LogP contribution in [0.2, 0.25) is 0 Å². The summed E-state index contributed by atoms with van der Waals surface area (Å²) in [6.07, 6.45) is 7.82. The first-order valence-corrected chi connectivity index (χ1v) is 7.44. The molecule has 0 bridgehead atoms. The molecule has 1 saturated heterocycles. The molecule has 18 heavy (non-hydrogen) atoms. The van der Waals surface area contributed by atoms with Gasteiger partial charge >= 0.3 is 5.97 Å². The van der Waals surface area contributed by atoms with E-state index in [0.29, 0.717) is 12.1 Å². The molecule has 2 N–H and O–H groups in total.